The van der Waals surface area contributed by atoms with E-state index in [1.54, 1.807) is 12.1 Å². The van der Waals surface area contributed by atoms with Crippen molar-refractivity contribution >= 4 is 23.2 Å². The van der Waals surface area contributed by atoms with E-state index in [-0.39, 0.29) is 23.5 Å². The molecule has 1 aliphatic carbocycles. The average Bonchev–Trinajstić information content (AvgIpc) is 3.43. The lowest BCUT2D eigenvalue weighted by atomic mass is 9.84. The van der Waals surface area contributed by atoms with Crippen molar-refractivity contribution in [2.45, 2.75) is 58.4 Å². The topological polar surface area (TPSA) is 62.3 Å². The number of aromatic nitrogens is 1. The highest BCUT2D eigenvalue weighted by atomic mass is 32.1. The molecule has 1 N–H and O–H groups in total. The number of nitrogens with zero attached hydrogens (tertiary/aromatic N) is 2. The number of amides is 2. The lowest BCUT2D eigenvalue weighted by Gasteiger charge is -2.34. The van der Waals surface area contributed by atoms with Gasteiger partial charge in [0.15, 0.2) is 0 Å². The van der Waals surface area contributed by atoms with Gasteiger partial charge in [0.2, 0.25) is 5.91 Å². The van der Waals surface area contributed by atoms with Gasteiger partial charge in [-0.05, 0) is 62.8 Å². The normalized spacial score (nSPS) is 18.9. The fourth-order valence-electron chi connectivity index (χ4n) is 4.67. The van der Waals surface area contributed by atoms with Gasteiger partial charge >= 0.3 is 0 Å². The predicted octanol–water partition coefficient (Wildman–Crippen LogP) is 4.80. The van der Waals surface area contributed by atoms with Gasteiger partial charge in [-0.2, -0.15) is 0 Å². The molecular formula is C24H30FN3O2S. The third-order valence-electron chi connectivity index (χ3n) is 6.73. The standard InChI is InChI=1S/C24H30FN3O2S/c1-15(22(29)27-20-5-3-4-6-20)17-11-13-28(14-12-17)24(30)21-16(2)26-23(31-21)18-7-9-19(25)10-8-18/h7-10,15,17,20H,3-6,11-14H2,1-2H3,(H,27,29)/t15-/m1/s1. The molecule has 1 aliphatic heterocycles. The van der Waals surface area contributed by atoms with Crippen LogP contribution >= 0.6 is 11.3 Å². The van der Waals surface area contributed by atoms with Crippen molar-refractivity contribution in [3.63, 3.8) is 0 Å². The van der Waals surface area contributed by atoms with E-state index >= 15 is 0 Å². The summed E-state index contributed by atoms with van der Waals surface area (Å²) < 4.78 is 13.2. The number of hydrogen-bond donors (Lipinski definition) is 1. The van der Waals surface area contributed by atoms with Crippen LogP contribution in [0.15, 0.2) is 24.3 Å². The minimum absolute atomic E-state index is 0.00451. The molecule has 1 saturated carbocycles. The summed E-state index contributed by atoms with van der Waals surface area (Å²) in [6.07, 6.45) is 6.29. The van der Waals surface area contributed by atoms with Crippen LogP contribution in [0.2, 0.25) is 0 Å². The van der Waals surface area contributed by atoms with Crippen molar-refractivity contribution in [1.29, 1.82) is 0 Å². The summed E-state index contributed by atoms with van der Waals surface area (Å²) in [5.41, 5.74) is 1.52. The Balaban J connectivity index is 1.35. The minimum atomic E-state index is -0.289. The van der Waals surface area contributed by atoms with Gasteiger partial charge in [-0.3, -0.25) is 9.59 Å². The summed E-state index contributed by atoms with van der Waals surface area (Å²) in [5, 5.41) is 3.95. The van der Waals surface area contributed by atoms with Crippen LogP contribution in [-0.4, -0.2) is 40.8 Å². The van der Waals surface area contributed by atoms with Gasteiger partial charge in [0.05, 0.1) is 5.69 Å². The first-order chi connectivity index (χ1) is 14.9. The number of likely N-dealkylation sites (tertiary alicyclic amines) is 1. The van der Waals surface area contributed by atoms with Crippen LogP contribution in [0.5, 0.6) is 0 Å². The molecule has 1 aromatic carbocycles. The first kappa shape index (κ1) is 21.9. The second-order valence-corrected chi connectivity index (χ2v) is 9.85. The summed E-state index contributed by atoms with van der Waals surface area (Å²) in [7, 11) is 0. The van der Waals surface area contributed by atoms with E-state index in [0.717, 1.165) is 36.3 Å². The van der Waals surface area contributed by atoms with Gasteiger partial charge in [0.25, 0.3) is 5.91 Å². The molecule has 2 amide bonds. The Bertz CT molecular complexity index is 929. The van der Waals surface area contributed by atoms with Crippen LogP contribution in [0.4, 0.5) is 4.39 Å². The van der Waals surface area contributed by atoms with Crippen LogP contribution in [0.25, 0.3) is 10.6 Å². The molecule has 1 aromatic heterocycles. The second-order valence-electron chi connectivity index (χ2n) is 8.85. The monoisotopic (exact) mass is 443 g/mol. The predicted molar refractivity (Wildman–Crippen MR) is 120 cm³/mol. The maximum absolute atomic E-state index is 13.2. The van der Waals surface area contributed by atoms with Gasteiger partial charge in [-0.1, -0.05) is 19.8 Å². The molecule has 4 rings (SSSR count). The summed E-state index contributed by atoms with van der Waals surface area (Å²) in [4.78, 5) is 32.8. The van der Waals surface area contributed by atoms with Crippen molar-refractivity contribution in [2.24, 2.45) is 11.8 Å². The van der Waals surface area contributed by atoms with E-state index in [1.165, 1.54) is 36.3 Å². The molecule has 166 valence electrons. The zero-order chi connectivity index (χ0) is 22.0. The van der Waals surface area contributed by atoms with Crippen molar-refractivity contribution in [3.8, 4) is 10.6 Å². The third-order valence-corrected chi connectivity index (χ3v) is 7.93. The summed E-state index contributed by atoms with van der Waals surface area (Å²) >= 11 is 1.36. The molecule has 0 radical (unpaired) electrons. The van der Waals surface area contributed by atoms with Crippen molar-refractivity contribution < 1.29 is 14.0 Å². The van der Waals surface area contributed by atoms with Crippen LogP contribution in [0, 0.1) is 24.6 Å². The number of nitrogens with one attached hydrogen (secondary N) is 1. The van der Waals surface area contributed by atoms with E-state index in [9.17, 15) is 14.0 Å². The number of carbonyl (C=O) groups excluding carboxylic acids is 2. The lowest BCUT2D eigenvalue weighted by Crippen LogP contribution is -2.44. The number of halogens is 1. The summed E-state index contributed by atoms with van der Waals surface area (Å²) in [6, 6.07) is 6.53. The maximum Gasteiger partial charge on any atom is 0.265 e. The van der Waals surface area contributed by atoms with Gasteiger partial charge in [-0.25, -0.2) is 9.37 Å². The molecular weight excluding hydrogens is 413 g/mol. The molecule has 7 heteroatoms. The molecule has 2 aromatic rings. The minimum Gasteiger partial charge on any atom is -0.353 e. The number of benzene rings is 1. The zero-order valence-corrected chi connectivity index (χ0v) is 19.0. The number of aryl methyl sites for hydroxylation is 1. The number of rotatable bonds is 5. The fourth-order valence-corrected chi connectivity index (χ4v) is 5.71. The molecule has 1 atom stereocenters. The van der Waals surface area contributed by atoms with Crippen molar-refractivity contribution in [2.75, 3.05) is 13.1 Å². The van der Waals surface area contributed by atoms with Crippen LogP contribution in [0.3, 0.4) is 0 Å². The Morgan fingerprint density at radius 1 is 1.13 bits per heavy atom. The fraction of sp³-hybridized carbons (Fsp3) is 0.542. The van der Waals surface area contributed by atoms with Gasteiger partial charge in [-0.15, -0.1) is 11.3 Å². The Morgan fingerprint density at radius 2 is 1.77 bits per heavy atom. The SMILES string of the molecule is Cc1nc(-c2ccc(F)cc2)sc1C(=O)N1CCC([C@@H](C)C(=O)NC2CCCC2)CC1. The molecule has 1 saturated heterocycles. The maximum atomic E-state index is 13.2. The van der Waals surface area contributed by atoms with Crippen molar-refractivity contribution in [1.82, 2.24) is 15.2 Å². The van der Waals surface area contributed by atoms with E-state index in [2.05, 4.69) is 10.3 Å². The Hall–Kier alpha value is -2.28. The van der Waals surface area contributed by atoms with Gasteiger partial charge < -0.3 is 10.2 Å². The molecule has 0 spiro atoms. The quantitative estimate of drug-likeness (QED) is 0.722. The van der Waals surface area contributed by atoms with Crippen molar-refractivity contribution in [3.05, 3.63) is 40.7 Å². The highest BCUT2D eigenvalue weighted by molar-refractivity contribution is 7.17. The molecule has 0 bridgehead atoms. The molecule has 2 fully saturated rings. The smallest absolute Gasteiger partial charge is 0.265 e. The second kappa shape index (κ2) is 9.47. The van der Waals surface area contributed by atoms with E-state index in [1.807, 2.05) is 18.7 Å². The van der Waals surface area contributed by atoms with Gasteiger partial charge in [0.1, 0.15) is 15.7 Å². The third kappa shape index (κ3) is 4.97. The zero-order valence-electron chi connectivity index (χ0n) is 18.2. The first-order valence-electron chi connectivity index (χ1n) is 11.3. The largest absolute Gasteiger partial charge is 0.353 e. The Morgan fingerprint density at radius 3 is 2.42 bits per heavy atom. The van der Waals surface area contributed by atoms with Crippen LogP contribution in [-0.2, 0) is 4.79 Å². The summed E-state index contributed by atoms with van der Waals surface area (Å²) in [6.45, 7) is 5.19. The highest BCUT2D eigenvalue weighted by Gasteiger charge is 2.32. The molecule has 2 heterocycles. The Kier molecular flexibility index (Phi) is 6.70. The highest BCUT2D eigenvalue weighted by Crippen LogP contribution is 2.31. The average molecular weight is 444 g/mol. The molecule has 5 nitrogen and oxygen atoms in total. The number of thiazole rings is 1. The lowest BCUT2D eigenvalue weighted by molar-refractivity contribution is -0.127. The number of hydrogen-bond acceptors (Lipinski definition) is 4. The van der Waals surface area contributed by atoms with E-state index in [0.29, 0.717) is 35.6 Å². The molecule has 2 aliphatic rings. The van der Waals surface area contributed by atoms with Crippen LogP contribution < -0.4 is 5.32 Å². The number of piperidine rings is 1. The molecule has 31 heavy (non-hydrogen) atoms. The number of carbonyl (C=O) groups is 2. The van der Waals surface area contributed by atoms with E-state index in [4.69, 9.17) is 0 Å². The van der Waals surface area contributed by atoms with Crippen LogP contribution in [0.1, 0.15) is 60.8 Å². The Labute approximate surface area is 187 Å². The van der Waals surface area contributed by atoms with E-state index < -0.39 is 0 Å². The van der Waals surface area contributed by atoms with Gasteiger partial charge in [0, 0.05) is 30.6 Å². The summed E-state index contributed by atoms with van der Waals surface area (Å²) in [5.74, 6) is 0.169. The molecule has 0 unspecified atom stereocenters. The first-order valence-corrected chi connectivity index (χ1v) is 12.1.